The average Bonchev–Trinajstić information content (AvgIpc) is 2.77. The molecule has 0 spiro atoms. The van der Waals surface area contributed by atoms with E-state index in [1.54, 1.807) is 49.7 Å². The molecule has 0 aliphatic carbocycles. The van der Waals surface area contributed by atoms with Gasteiger partial charge < -0.3 is 10.5 Å². The van der Waals surface area contributed by atoms with Gasteiger partial charge in [-0.05, 0) is 29.8 Å². The molecule has 0 fully saturated rings. The van der Waals surface area contributed by atoms with Crippen LogP contribution in [-0.2, 0) is 0 Å². The maximum atomic E-state index is 12.4. The van der Waals surface area contributed by atoms with Gasteiger partial charge in [0.05, 0.1) is 18.4 Å². The maximum absolute atomic E-state index is 12.4. The molecule has 0 aliphatic rings. The van der Waals surface area contributed by atoms with E-state index < -0.39 is 0 Å². The molecule has 29 heavy (non-hydrogen) atoms. The Hall–Kier alpha value is -3.88. The standard InChI is InChI=1S/C21H15N5O2S/c1-28-15-6-4-13(5-7-15)19-16(9-22)20(24)26-21(17(19)10-23)29-12-18(27)14-3-2-8-25-11-14/h2-8,11H,12H2,1H3,(H2,24,26). The first-order valence-electron chi connectivity index (χ1n) is 8.43. The number of Topliss-reactive ketones (excluding diaryl/α,β-unsaturated/α-hetero) is 1. The Morgan fingerprint density at radius 1 is 1.17 bits per heavy atom. The van der Waals surface area contributed by atoms with E-state index in [9.17, 15) is 15.3 Å². The summed E-state index contributed by atoms with van der Waals surface area (Å²) in [4.78, 5) is 20.5. The minimum Gasteiger partial charge on any atom is -0.497 e. The molecule has 0 amide bonds. The second kappa shape index (κ2) is 8.87. The number of nitrogens with two attached hydrogens (primary N) is 1. The number of pyridine rings is 2. The largest absolute Gasteiger partial charge is 0.497 e. The van der Waals surface area contributed by atoms with Crippen molar-refractivity contribution in [3.63, 3.8) is 0 Å². The van der Waals surface area contributed by atoms with Crippen molar-refractivity contribution in [2.24, 2.45) is 0 Å². The SMILES string of the molecule is COc1ccc(-c2c(C#N)c(N)nc(SCC(=O)c3cccnc3)c2C#N)cc1. The van der Waals surface area contributed by atoms with Crippen molar-refractivity contribution in [3.8, 4) is 29.0 Å². The summed E-state index contributed by atoms with van der Waals surface area (Å²) in [5.41, 5.74) is 7.80. The van der Waals surface area contributed by atoms with Crippen molar-refractivity contribution in [1.82, 2.24) is 9.97 Å². The van der Waals surface area contributed by atoms with Crippen LogP contribution in [0.5, 0.6) is 5.75 Å². The molecule has 0 atom stereocenters. The van der Waals surface area contributed by atoms with Crippen LogP contribution in [-0.4, -0.2) is 28.6 Å². The molecule has 0 aliphatic heterocycles. The molecule has 0 bridgehead atoms. The third-order valence-electron chi connectivity index (χ3n) is 4.12. The highest BCUT2D eigenvalue weighted by Gasteiger charge is 2.21. The van der Waals surface area contributed by atoms with Crippen molar-refractivity contribution >= 4 is 23.4 Å². The number of carbonyl (C=O) groups is 1. The molecule has 1 aromatic carbocycles. The number of thioether (sulfide) groups is 1. The second-order valence-corrected chi connectivity index (χ2v) is 6.80. The highest BCUT2D eigenvalue weighted by molar-refractivity contribution is 8.00. The van der Waals surface area contributed by atoms with E-state index in [2.05, 4.69) is 16.0 Å². The summed E-state index contributed by atoms with van der Waals surface area (Å²) < 4.78 is 5.16. The Balaban J connectivity index is 2.02. The maximum Gasteiger partial charge on any atom is 0.174 e. The number of nitrogen functional groups attached to an aromatic ring is 1. The van der Waals surface area contributed by atoms with Gasteiger partial charge in [0.15, 0.2) is 5.78 Å². The van der Waals surface area contributed by atoms with Crippen LogP contribution in [0.4, 0.5) is 5.82 Å². The number of benzene rings is 1. The minimum absolute atomic E-state index is 0.00800. The lowest BCUT2D eigenvalue weighted by Gasteiger charge is -2.13. The first-order valence-corrected chi connectivity index (χ1v) is 9.41. The number of nitrogens with zero attached hydrogens (tertiary/aromatic N) is 4. The van der Waals surface area contributed by atoms with Crippen molar-refractivity contribution in [1.29, 1.82) is 10.5 Å². The minimum atomic E-state index is -0.150. The van der Waals surface area contributed by atoms with Gasteiger partial charge in [-0.3, -0.25) is 9.78 Å². The van der Waals surface area contributed by atoms with Crippen LogP contribution >= 0.6 is 11.8 Å². The van der Waals surface area contributed by atoms with E-state index in [-0.39, 0.29) is 28.5 Å². The van der Waals surface area contributed by atoms with Crippen LogP contribution in [0.15, 0.2) is 53.8 Å². The molecule has 3 aromatic rings. The van der Waals surface area contributed by atoms with Gasteiger partial charge in [0.2, 0.25) is 0 Å². The van der Waals surface area contributed by atoms with E-state index in [0.29, 0.717) is 27.5 Å². The summed E-state index contributed by atoms with van der Waals surface area (Å²) in [6, 6.07) is 14.4. The normalized spacial score (nSPS) is 10.0. The number of ketones is 1. The number of hydrogen-bond donors (Lipinski definition) is 1. The van der Waals surface area contributed by atoms with Gasteiger partial charge in [0, 0.05) is 23.5 Å². The zero-order valence-corrected chi connectivity index (χ0v) is 16.2. The molecular weight excluding hydrogens is 386 g/mol. The number of methoxy groups -OCH3 is 1. The molecule has 8 heteroatoms. The number of carbonyl (C=O) groups excluding carboxylic acids is 1. The van der Waals surface area contributed by atoms with Crippen molar-refractivity contribution < 1.29 is 9.53 Å². The fourth-order valence-corrected chi connectivity index (χ4v) is 3.58. The van der Waals surface area contributed by atoms with Gasteiger partial charge in [0.25, 0.3) is 0 Å². The summed E-state index contributed by atoms with van der Waals surface area (Å²) in [5.74, 6) is 0.557. The lowest BCUT2D eigenvalue weighted by atomic mass is 9.97. The highest BCUT2D eigenvalue weighted by atomic mass is 32.2. The first-order chi connectivity index (χ1) is 14.1. The summed E-state index contributed by atoms with van der Waals surface area (Å²) in [6.45, 7) is 0. The smallest absolute Gasteiger partial charge is 0.174 e. The number of ether oxygens (including phenoxy) is 1. The van der Waals surface area contributed by atoms with E-state index in [1.807, 2.05) is 6.07 Å². The predicted molar refractivity (Wildman–Crippen MR) is 109 cm³/mol. The van der Waals surface area contributed by atoms with Gasteiger partial charge in [-0.2, -0.15) is 10.5 Å². The molecule has 3 rings (SSSR count). The zero-order chi connectivity index (χ0) is 20.8. The van der Waals surface area contributed by atoms with Crippen molar-refractivity contribution in [2.75, 3.05) is 18.6 Å². The third kappa shape index (κ3) is 4.18. The highest BCUT2D eigenvalue weighted by Crippen LogP contribution is 2.36. The van der Waals surface area contributed by atoms with Gasteiger partial charge >= 0.3 is 0 Å². The molecule has 2 aromatic heterocycles. The average molecular weight is 401 g/mol. The van der Waals surface area contributed by atoms with E-state index in [0.717, 1.165) is 11.8 Å². The van der Waals surface area contributed by atoms with Crippen LogP contribution in [0.1, 0.15) is 21.5 Å². The predicted octanol–water partition coefficient (Wildman–Crippen LogP) is 3.45. The van der Waals surface area contributed by atoms with Gasteiger partial charge in [-0.15, -0.1) is 0 Å². The van der Waals surface area contributed by atoms with E-state index in [4.69, 9.17) is 10.5 Å². The van der Waals surface area contributed by atoms with Crippen molar-refractivity contribution in [3.05, 3.63) is 65.5 Å². The quantitative estimate of drug-likeness (QED) is 0.492. The number of anilines is 1. The van der Waals surface area contributed by atoms with Gasteiger partial charge in [-0.1, -0.05) is 23.9 Å². The second-order valence-electron chi connectivity index (χ2n) is 5.83. The lowest BCUT2D eigenvalue weighted by molar-refractivity contribution is 0.102. The molecule has 2 N–H and O–H groups in total. The van der Waals surface area contributed by atoms with Crippen LogP contribution in [0.25, 0.3) is 11.1 Å². The fraction of sp³-hybridized carbons (Fsp3) is 0.0952. The number of nitriles is 2. The summed E-state index contributed by atoms with van der Waals surface area (Å²) >= 11 is 1.10. The molecule has 0 saturated carbocycles. The first kappa shape index (κ1) is 19.9. The van der Waals surface area contributed by atoms with Crippen molar-refractivity contribution in [2.45, 2.75) is 5.03 Å². The zero-order valence-electron chi connectivity index (χ0n) is 15.4. The van der Waals surface area contributed by atoms with E-state index >= 15 is 0 Å². The molecule has 0 saturated heterocycles. The molecule has 142 valence electrons. The topological polar surface area (TPSA) is 126 Å². The Labute approximate surface area is 171 Å². The Kier molecular flexibility index (Phi) is 6.08. The summed E-state index contributed by atoms with van der Waals surface area (Å²) in [7, 11) is 1.55. The van der Waals surface area contributed by atoms with Gasteiger partial charge in [0.1, 0.15) is 34.3 Å². The summed E-state index contributed by atoms with van der Waals surface area (Å²) in [5, 5.41) is 19.6. The molecule has 0 radical (unpaired) electrons. The summed E-state index contributed by atoms with van der Waals surface area (Å²) in [6.07, 6.45) is 3.07. The fourth-order valence-electron chi connectivity index (χ4n) is 2.69. The number of hydrogen-bond acceptors (Lipinski definition) is 8. The monoisotopic (exact) mass is 401 g/mol. The molecule has 7 nitrogen and oxygen atoms in total. The third-order valence-corrected chi connectivity index (χ3v) is 5.09. The van der Waals surface area contributed by atoms with Crippen LogP contribution in [0.2, 0.25) is 0 Å². The lowest BCUT2D eigenvalue weighted by Crippen LogP contribution is -2.06. The Morgan fingerprint density at radius 3 is 2.48 bits per heavy atom. The van der Waals surface area contributed by atoms with E-state index in [1.165, 1.54) is 6.20 Å². The number of aromatic nitrogens is 2. The molecular formula is C21H15N5O2S. The van der Waals surface area contributed by atoms with Gasteiger partial charge in [-0.25, -0.2) is 4.98 Å². The van der Waals surface area contributed by atoms with Crippen LogP contribution in [0.3, 0.4) is 0 Å². The van der Waals surface area contributed by atoms with Crippen LogP contribution < -0.4 is 10.5 Å². The van der Waals surface area contributed by atoms with Crippen LogP contribution in [0, 0.1) is 22.7 Å². The molecule has 2 heterocycles. The Morgan fingerprint density at radius 2 is 1.90 bits per heavy atom. The Bertz CT molecular complexity index is 1130. The molecule has 0 unspecified atom stereocenters. The number of rotatable bonds is 6.